The zero-order valence-electron chi connectivity index (χ0n) is 16.5. The Bertz CT molecular complexity index is 1120. The second-order valence-electron chi connectivity index (χ2n) is 6.98. The van der Waals surface area contributed by atoms with Crippen molar-refractivity contribution < 1.29 is 18.0 Å². The topological polar surface area (TPSA) is 89.1 Å². The van der Waals surface area contributed by atoms with Crippen molar-refractivity contribution in [2.24, 2.45) is 5.84 Å². The van der Waals surface area contributed by atoms with Crippen LogP contribution in [0.4, 0.5) is 23.7 Å². The molecule has 1 aliphatic rings. The SMILES string of the molecule is Cc1nc2c(c(NC(=O)N(N)Sc3nn(C(F)F)cc3F)c1-c1ccccc1)CCC2. The number of anilines is 1. The monoisotopic (exact) mass is 448 g/mol. The van der Waals surface area contributed by atoms with E-state index in [9.17, 15) is 18.0 Å². The van der Waals surface area contributed by atoms with Gasteiger partial charge in [-0.05, 0) is 37.3 Å². The van der Waals surface area contributed by atoms with E-state index in [1.54, 1.807) is 0 Å². The van der Waals surface area contributed by atoms with Crippen LogP contribution in [0.25, 0.3) is 11.1 Å². The van der Waals surface area contributed by atoms with E-state index in [1.165, 1.54) is 0 Å². The Labute approximate surface area is 180 Å². The number of rotatable bonds is 5. The van der Waals surface area contributed by atoms with E-state index >= 15 is 0 Å². The standard InChI is InChI=1S/C20H19F3N6OS/c1-11-16(12-6-3-2-4-7-12)17(13-8-5-9-15(13)25-11)26-20(30)29(24)31-18-14(21)10-28(27-18)19(22)23/h2-4,6-7,10,19H,5,8-9,24H2,1H3,(H,25,26,30). The van der Waals surface area contributed by atoms with Crippen LogP contribution in [-0.4, -0.2) is 25.2 Å². The van der Waals surface area contributed by atoms with Crippen molar-refractivity contribution >= 4 is 23.7 Å². The van der Waals surface area contributed by atoms with Gasteiger partial charge in [-0.25, -0.2) is 19.7 Å². The quantitative estimate of drug-likeness (QED) is 0.256. The molecule has 0 aliphatic heterocycles. The van der Waals surface area contributed by atoms with Crippen molar-refractivity contribution in [2.45, 2.75) is 37.8 Å². The van der Waals surface area contributed by atoms with Crippen molar-refractivity contribution in [2.75, 3.05) is 5.32 Å². The number of nitrogens with two attached hydrogens (primary N) is 1. The maximum Gasteiger partial charge on any atom is 0.346 e. The Kier molecular flexibility index (Phi) is 5.88. The Morgan fingerprint density at radius 3 is 2.71 bits per heavy atom. The number of hydrogen-bond acceptors (Lipinski definition) is 5. The highest BCUT2D eigenvalue weighted by Gasteiger charge is 2.26. The van der Waals surface area contributed by atoms with Gasteiger partial charge >= 0.3 is 12.6 Å². The molecule has 3 N–H and O–H groups in total. The van der Waals surface area contributed by atoms with Gasteiger partial charge in [0.2, 0.25) is 0 Å². The van der Waals surface area contributed by atoms with Crippen molar-refractivity contribution in [3.63, 3.8) is 0 Å². The van der Waals surface area contributed by atoms with E-state index in [0.717, 1.165) is 47.3 Å². The van der Waals surface area contributed by atoms with E-state index < -0.39 is 23.4 Å². The molecule has 2 amide bonds. The molecule has 7 nitrogen and oxygen atoms in total. The molecule has 2 aromatic heterocycles. The number of amides is 2. The van der Waals surface area contributed by atoms with Gasteiger partial charge in [-0.2, -0.15) is 18.3 Å². The minimum Gasteiger partial charge on any atom is -0.305 e. The van der Waals surface area contributed by atoms with Gasteiger partial charge in [0.15, 0.2) is 10.8 Å². The lowest BCUT2D eigenvalue weighted by atomic mass is 9.98. The van der Waals surface area contributed by atoms with Gasteiger partial charge in [-0.15, -0.1) is 0 Å². The van der Waals surface area contributed by atoms with E-state index in [2.05, 4.69) is 10.4 Å². The predicted molar refractivity (Wildman–Crippen MR) is 111 cm³/mol. The third kappa shape index (κ3) is 4.23. The van der Waals surface area contributed by atoms with Gasteiger partial charge in [-0.3, -0.25) is 4.98 Å². The van der Waals surface area contributed by atoms with E-state index in [-0.39, 0.29) is 4.68 Å². The van der Waals surface area contributed by atoms with Crippen molar-refractivity contribution in [1.29, 1.82) is 0 Å². The zero-order chi connectivity index (χ0) is 22.1. The molecule has 2 heterocycles. The number of fused-ring (bicyclic) bond motifs is 1. The molecule has 11 heteroatoms. The Balaban J connectivity index is 1.63. The van der Waals surface area contributed by atoms with Crippen molar-refractivity contribution in [3.8, 4) is 11.1 Å². The first kappa shape index (κ1) is 21.2. The average Bonchev–Trinajstić information content (AvgIpc) is 3.35. The summed E-state index contributed by atoms with van der Waals surface area (Å²) in [5, 5.41) is 5.80. The number of nitrogens with zero attached hydrogens (tertiary/aromatic N) is 4. The van der Waals surface area contributed by atoms with Crippen LogP contribution >= 0.6 is 11.9 Å². The number of alkyl halides is 2. The highest BCUT2D eigenvalue weighted by Crippen LogP contribution is 2.38. The van der Waals surface area contributed by atoms with Gasteiger partial charge in [-0.1, -0.05) is 30.3 Å². The fourth-order valence-electron chi connectivity index (χ4n) is 3.62. The second-order valence-corrected chi connectivity index (χ2v) is 7.94. The first-order chi connectivity index (χ1) is 14.8. The lowest BCUT2D eigenvalue weighted by Crippen LogP contribution is -2.35. The number of aryl methyl sites for hydroxylation is 2. The summed E-state index contributed by atoms with van der Waals surface area (Å²) in [6.07, 6.45) is 3.03. The number of nitrogens with one attached hydrogen (secondary N) is 1. The Morgan fingerprint density at radius 1 is 1.29 bits per heavy atom. The number of aromatic nitrogens is 3. The summed E-state index contributed by atoms with van der Waals surface area (Å²) in [7, 11) is 0. The molecule has 0 spiro atoms. The molecule has 0 radical (unpaired) electrons. The average molecular weight is 448 g/mol. The number of pyridine rings is 1. The molecule has 0 atom stereocenters. The smallest absolute Gasteiger partial charge is 0.305 e. The first-order valence-electron chi connectivity index (χ1n) is 9.49. The predicted octanol–water partition coefficient (Wildman–Crippen LogP) is 4.69. The van der Waals surface area contributed by atoms with Gasteiger partial charge in [0, 0.05) is 28.9 Å². The third-order valence-electron chi connectivity index (χ3n) is 4.94. The van der Waals surface area contributed by atoms with Gasteiger partial charge in [0.05, 0.1) is 11.9 Å². The van der Waals surface area contributed by atoms with Crippen molar-refractivity contribution in [1.82, 2.24) is 19.2 Å². The van der Waals surface area contributed by atoms with Crippen molar-refractivity contribution in [3.05, 3.63) is 59.3 Å². The van der Waals surface area contributed by atoms with Crippen LogP contribution in [0.2, 0.25) is 0 Å². The summed E-state index contributed by atoms with van der Waals surface area (Å²) < 4.78 is 40.1. The highest BCUT2D eigenvalue weighted by molar-refractivity contribution is 7.97. The molecule has 1 aromatic carbocycles. The summed E-state index contributed by atoms with van der Waals surface area (Å²) in [6.45, 7) is -1.13. The Morgan fingerprint density at radius 2 is 2.03 bits per heavy atom. The molecule has 0 bridgehead atoms. The molecule has 0 unspecified atom stereocenters. The van der Waals surface area contributed by atoms with Gasteiger partial charge in [0.25, 0.3) is 0 Å². The normalized spacial score (nSPS) is 12.8. The molecule has 31 heavy (non-hydrogen) atoms. The lowest BCUT2D eigenvalue weighted by Gasteiger charge is -2.20. The zero-order valence-corrected chi connectivity index (χ0v) is 17.3. The number of hydrogen-bond donors (Lipinski definition) is 2. The number of carbonyl (C=O) groups excluding carboxylic acids is 1. The van der Waals surface area contributed by atoms with E-state index in [4.69, 9.17) is 10.8 Å². The fraction of sp³-hybridized carbons (Fsp3) is 0.250. The van der Waals surface area contributed by atoms with Crippen LogP contribution in [0.1, 0.15) is 29.9 Å². The summed E-state index contributed by atoms with van der Waals surface area (Å²) in [6, 6.07) is 8.77. The fourth-order valence-corrected chi connectivity index (χ4v) is 4.20. The maximum atomic E-state index is 13.9. The molecule has 4 rings (SSSR count). The van der Waals surface area contributed by atoms with Crippen LogP contribution < -0.4 is 11.2 Å². The van der Waals surface area contributed by atoms with Crippen LogP contribution in [0.5, 0.6) is 0 Å². The number of halogens is 3. The lowest BCUT2D eigenvalue weighted by molar-refractivity contribution is 0.0552. The summed E-state index contributed by atoms with van der Waals surface area (Å²) in [5.74, 6) is 4.79. The molecular formula is C20H19F3N6OS. The van der Waals surface area contributed by atoms with Crippen LogP contribution in [0.15, 0.2) is 41.6 Å². The summed E-state index contributed by atoms with van der Waals surface area (Å²) >= 11 is 0.418. The molecule has 0 fully saturated rings. The van der Waals surface area contributed by atoms with Gasteiger partial charge in [0.1, 0.15) is 0 Å². The molecule has 162 valence electrons. The highest BCUT2D eigenvalue weighted by atomic mass is 32.2. The van der Waals surface area contributed by atoms with Crippen LogP contribution in [-0.2, 0) is 12.8 Å². The minimum atomic E-state index is -3.00. The minimum absolute atomic E-state index is 0.163. The summed E-state index contributed by atoms with van der Waals surface area (Å²) in [5.41, 5.74) is 4.89. The molecule has 0 saturated carbocycles. The van der Waals surface area contributed by atoms with E-state index in [0.29, 0.717) is 28.2 Å². The number of urea groups is 1. The van der Waals surface area contributed by atoms with E-state index in [1.807, 2.05) is 37.3 Å². The van der Waals surface area contributed by atoms with Crippen LogP contribution in [0, 0.1) is 12.7 Å². The van der Waals surface area contributed by atoms with Gasteiger partial charge < -0.3 is 5.32 Å². The second kappa shape index (κ2) is 8.60. The molecule has 3 aromatic rings. The first-order valence-corrected chi connectivity index (χ1v) is 10.3. The number of carbonyl (C=O) groups is 1. The maximum absolute atomic E-state index is 13.9. The molecule has 1 aliphatic carbocycles. The third-order valence-corrected chi connectivity index (χ3v) is 5.75. The number of benzene rings is 1. The van der Waals surface area contributed by atoms with Crippen LogP contribution in [0.3, 0.4) is 0 Å². The summed E-state index contributed by atoms with van der Waals surface area (Å²) in [4.78, 5) is 17.5. The largest absolute Gasteiger partial charge is 0.346 e. The molecule has 0 saturated heterocycles. The molecular weight excluding hydrogens is 429 g/mol. The Hall–Kier alpha value is -3.05. The number of hydrazine groups is 1.